The van der Waals surface area contributed by atoms with Gasteiger partial charge in [-0.2, -0.15) is 0 Å². The van der Waals surface area contributed by atoms with Gasteiger partial charge in [-0.05, 0) is 35.3 Å². The monoisotopic (exact) mass is 371 g/mol. The number of hydrogen-bond donors (Lipinski definition) is 1. The number of benzene rings is 2. The van der Waals surface area contributed by atoms with Crippen molar-refractivity contribution in [3.63, 3.8) is 0 Å². The Morgan fingerprint density at radius 1 is 1.19 bits per heavy atom. The molecule has 2 aromatic carbocycles. The smallest absolute Gasteiger partial charge is 0.331 e. The van der Waals surface area contributed by atoms with E-state index in [0.717, 1.165) is 11.6 Å². The molecule has 6 heteroatoms. The zero-order chi connectivity index (χ0) is 19.6. The number of nitrogens with one attached hydrogen (secondary N) is 1. The van der Waals surface area contributed by atoms with Gasteiger partial charge in [-0.25, -0.2) is 9.18 Å². The van der Waals surface area contributed by atoms with Crippen LogP contribution in [0, 0.1) is 5.82 Å². The largest absolute Gasteiger partial charge is 0.494 e. The summed E-state index contributed by atoms with van der Waals surface area (Å²) in [6, 6.07) is 14.1. The van der Waals surface area contributed by atoms with Crippen LogP contribution in [-0.2, 0) is 14.3 Å². The van der Waals surface area contributed by atoms with Crippen molar-refractivity contribution in [2.75, 3.05) is 20.3 Å². The van der Waals surface area contributed by atoms with Gasteiger partial charge in [0.05, 0.1) is 7.11 Å². The Hall–Kier alpha value is -3.15. The van der Waals surface area contributed by atoms with E-state index in [-0.39, 0.29) is 24.2 Å². The van der Waals surface area contributed by atoms with Gasteiger partial charge < -0.3 is 14.8 Å². The van der Waals surface area contributed by atoms with Gasteiger partial charge in [0, 0.05) is 12.6 Å². The molecule has 0 aliphatic heterocycles. The Morgan fingerprint density at radius 3 is 2.59 bits per heavy atom. The summed E-state index contributed by atoms with van der Waals surface area (Å²) in [4.78, 5) is 23.5. The van der Waals surface area contributed by atoms with E-state index in [4.69, 9.17) is 9.47 Å². The maximum atomic E-state index is 13.6. The van der Waals surface area contributed by atoms with Gasteiger partial charge in [-0.3, -0.25) is 4.79 Å². The van der Waals surface area contributed by atoms with Crippen LogP contribution in [0.25, 0.3) is 6.08 Å². The van der Waals surface area contributed by atoms with E-state index < -0.39 is 11.8 Å². The average molecular weight is 371 g/mol. The van der Waals surface area contributed by atoms with Crippen LogP contribution in [0.3, 0.4) is 0 Å². The van der Waals surface area contributed by atoms with Crippen molar-refractivity contribution in [2.45, 2.75) is 12.8 Å². The molecule has 0 saturated carbocycles. The normalized spacial score (nSPS) is 11.8. The summed E-state index contributed by atoms with van der Waals surface area (Å²) in [5, 5.41) is 2.73. The summed E-state index contributed by atoms with van der Waals surface area (Å²) in [6.07, 6.45) is 2.54. The first kappa shape index (κ1) is 20.2. The van der Waals surface area contributed by atoms with Crippen molar-refractivity contribution in [3.8, 4) is 5.75 Å². The first-order chi connectivity index (χ1) is 13.0. The van der Waals surface area contributed by atoms with Crippen LogP contribution < -0.4 is 10.1 Å². The van der Waals surface area contributed by atoms with Gasteiger partial charge in [0.25, 0.3) is 5.91 Å². The van der Waals surface area contributed by atoms with Crippen molar-refractivity contribution in [3.05, 3.63) is 71.6 Å². The number of halogens is 1. The lowest BCUT2D eigenvalue weighted by atomic mass is 10.0. The number of methoxy groups -OCH3 is 1. The number of hydrogen-bond acceptors (Lipinski definition) is 4. The quantitative estimate of drug-likeness (QED) is 0.571. The summed E-state index contributed by atoms with van der Waals surface area (Å²) < 4.78 is 23.3. The van der Waals surface area contributed by atoms with Crippen LogP contribution in [0.2, 0.25) is 0 Å². The van der Waals surface area contributed by atoms with E-state index >= 15 is 0 Å². The minimum atomic E-state index is -0.683. The molecule has 0 saturated heterocycles. The van der Waals surface area contributed by atoms with E-state index in [2.05, 4.69) is 5.32 Å². The molecule has 27 heavy (non-hydrogen) atoms. The minimum absolute atomic E-state index is 0.121. The molecule has 5 nitrogen and oxygen atoms in total. The van der Waals surface area contributed by atoms with Gasteiger partial charge in [0.2, 0.25) is 0 Å². The van der Waals surface area contributed by atoms with Gasteiger partial charge in [0.15, 0.2) is 18.2 Å². The van der Waals surface area contributed by atoms with E-state index in [1.807, 2.05) is 37.3 Å². The highest BCUT2D eigenvalue weighted by Crippen LogP contribution is 2.18. The number of esters is 1. The number of carbonyl (C=O) groups is 2. The van der Waals surface area contributed by atoms with Crippen molar-refractivity contribution >= 4 is 18.0 Å². The lowest BCUT2D eigenvalue weighted by Crippen LogP contribution is -2.31. The van der Waals surface area contributed by atoms with E-state index in [1.165, 1.54) is 25.3 Å². The molecule has 2 aromatic rings. The third kappa shape index (κ3) is 6.58. The molecule has 0 radical (unpaired) electrons. The van der Waals surface area contributed by atoms with Gasteiger partial charge in [0.1, 0.15) is 0 Å². The number of ether oxygens (including phenoxy) is 2. The Morgan fingerprint density at radius 2 is 1.93 bits per heavy atom. The van der Waals surface area contributed by atoms with Crippen LogP contribution in [0.15, 0.2) is 54.6 Å². The fourth-order valence-corrected chi connectivity index (χ4v) is 2.35. The average Bonchev–Trinajstić information content (AvgIpc) is 2.69. The van der Waals surface area contributed by atoms with E-state index in [0.29, 0.717) is 12.1 Å². The third-order valence-electron chi connectivity index (χ3n) is 3.91. The maximum absolute atomic E-state index is 13.6. The minimum Gasteiger partial charge on any atom is -0.494 e. The zero-order valence-electron chi connectivity index (χ0n) is 15.3. The summed E-state index contributed by atoms with van der Waals surface area (Å²) in [5.41, 5.74) is 1.59. The molecule has 1 atom stereocenters. The van der Waals surface area contributed by atoms with Crippen molar-refractivity contribution in [2.24, 2.45) is 0 Å². The second-order valence-corrected chi connectivity index (χ2v) is 5.95. The molecule has 142 valence electrons. The van der Waals surface area contributed by atoms with Crippen molar-refractivity contribution < 1.29 is 23.5 Å². The second-order valence-electron chi connectivity index (χ2n) is 5.95. The highest BCUT2D eigenvalue weighted by molar-refractivity contribution is 5.89. The molecule has 0 heterocycles. The lowest BCUT2D eigenvalue weighted by Gasteiger charge is -2.12. The van der Waals surface area contributed by atoms with E-state index in [1.54, 1.807) is 6.07 Å². The Labute approximate surface area is 157 Å². The highest BCUT2D eigenvalue weighted by Gasteiger charge is 2.09. The molecule has 1 N–H and O–H groups in total. The predicted molar refractivity (Wildman–Crippen MR) is 101 cm³/mol. The third-order valence-corrected chi connectivity index (χ3v) is 3.91. The second kappa shape index (κ2) is 10.1. The maximum Gasteiger partial charge on any atom is 0.331 e. The molecular weight excluding hydrogens is 349 g/mol. The molecular formula is C21H22FNO4. The van der Waals surface area contributed by atoms with Gasteiger partial charge >= 0.3 is 5.97 Å². The molecule has 0 fully saturated rings. The number of carbonyl (C=O) groups excluding carboxylic acids is 2. The Balaban J connectivity index is 1.74. The van der Waals surface area contributed by atoms with Crippen LogP contribution in [0.4, 0.5) is 4.39 Å². The summed E-state index contributed by atoms with van der Waals surface area (Å²) in [5.74, 6) is -1.32. The number of amides is 1. The first-order valence-corrected chi connectivity index (χ1v) is 8.49. The fraction of sp³-hybridized carbons (Fsp3) is 0.238. The van der Waals surface area contributed by atoms with Crippen molar-refractivity contribution in [1.29, 1.82) is 0 Å². The van der Waals surface area contributed by atoms with Gasteiger partial charge in [-0.1, -0.05) is 43.3 Å². The molecule has 0 spiro atoms. The molecule has 0 aliphatic carbocycles. The fourth-order valence-electron chi connectivity index (χ4n) is 2.35. The Bertz CT molecular complexity index is 805. The van der Waals surface area contributed by atoms with Crippen molar-refractivity contribution in [1.82, 2.24) is 5.32 Å². The first-order valence-electron chi connectivity index (χ1n) is 8.49. The summed E-state index contributed by atoms with van der Waals surface area (Å²) >= 11 is 0. The molecule has 0 bridgehead atoms. The molecule has 0 unspecified atom stereocenters. The zero-order valence-corrected chi connectivity index (χ0v) is 15.3. The van der Waals surface area contributed by atoms with E-state index in [9.17, 15) is 14.0 Å². The molecule has 0 aliphatic rings. The predicted octanol–water partition coefficient (Wildman–Crippen LogP) is 3.31. The lowest BCUT2D eigenvalue weighted by molar-refractivity contribution is -0.143. The molecule has 1 amide bonds. The molecule has 2 rings (SSSR count). The number of rotatable bonds is 8. The standard InChI is InChI=1S/C21H22FNO4/c1-15(17-6-4-3-5-7-17)13-23-20(24)14-27-21(25)11-9-16-8-10-19(26-2)18(22)12-16/h3-12,15H,13-14H2,1-2H3,(H,23,24)/b11-9+/t15-/m1/s1. The summed E-state index contributed by atoms with van der Waals surface area (Å²) in [6.45, 7) is 2.07. The van der Waals surface area contributed by atoms with Crippen LogP contribution >= 0.6 is 0 Å². The van der Waals surface area contributed by atoms with Crippen LogP contribution in [0.5, 0.6) is 5.75 Å². The van der Waals surface area contributed by atoms with Crippen LogP contribution in [0.1, 0.15) is 24.0 Å². The topological polar surface area (TPSA) is 64.6 Å². The summed E-state index contributed by atoms with van der Waals surface area (Å²) in [7, 11) is 1.37. The van der Waals surface area contributed by atoms with Gasteiger partial charge in [-0.15, -0.1) is 0 Å². The SMILES string of the molecule is COc1ccc(/C=C/C(=O)OCC(=O)NC[C@@H](C)c2ccccc2)cc1F. The Kier molecular flexibility index (Phi) is 7.55. The van der Waals surface area contributed by atoms with Crippen LogP contribution in [-0.4, -0.2) is 32.1 Å². The highest BCUT2D eigenvalue weighted by atomic mass is 19.1. The molecule has 0 aromatic heterocycles.